The van der Waals surface area contributed by atoms with E-state index < -0.39 is 11.3 Å². The van der Waals surface area contributed by atoms with Crippen molar-refractivity contribution < 1.29 is 14.6 Å². The van der Waals surface area contributed by atoms with Crippen molar-refractivity contribution >= 4 is 33.7 Å². The molecule has 0 radical (unpaired) electrons. The minimum Gasteiger partial charge on any atom is -0.506 e. The molecular formula is C30H24N2O4. The Hall–Kier alpha value is -4.84. The van der Waals surface area contributed by atoms with Gasteiger partial charge in [-0.1, -0.05) is 36.4 Å². The number of anilines is 3. The molecule has 36 heavy (non-hydrogen) atoms. The van der Waals surface area contributed by atoms with Crippen molar-refractivity contribution in [3.63, 3.8) is 0 Å². The number of fused-ring (bicyclic) bond motifs is 1. The van der Waals surface area contributed by atoms with Crippen molar-refractivity contribution in [2.24, 2.45) is 7.05 Å². The molecular weight excluding hydrogens is 452 g/mol. The standard InChI is InChI=1S/C30H24N2O4/c1-31-26-19-24(36-2)17-18-25(26)29(34)27(30(31)35)28(33)20-13-15-23(16-14-20)32(21-9-5-3-6-10-21)22-11-7-4-8-12-22/h3-19,34H,1-2H3. The van der Waals surface area contributed by atoms with Crippen LogP contribution in [0, 0.1) is 0 Å². The maximum Gasteiger partial charge on any atom is 0.265 e. The number of aryl methyl sites for hydroxylation is 1. The summed E-state index contributed by atoms with van der Waals surface area (Å²) in [4.78, 5) is 28.6. The average Bonchev–Trinajstić information content (AvgIpc) is 2.93. The number of ketones is 1. The fourth-order valence-electron chi connectivity index (χ4n) is 4.34. The first-order chi connectivity index (χ1) is 17.5. The summed E-state index contributed by atoms with van der Waals surface area (Å²) < 4.78 is 6.58. The monoisotopic (exact) mass is 476 g/mol. The molecule has 0 fully saturated rings. The second kappa shape index (κ2) is 9.43. The Balaban J connectivity index is 1.56. The van der Waals surface area contributed by atoms with Crippen LogP contribution in [0.1, 0.15) is 15.9 Å². The second-order valence-electron chi connectivity index (χ2n) is 8.35. The van der Waals surface area contributed by atoms with Crippen molar-refractivity contribution in [2.75, 3.05) is 12.0 Å². The predicted molar refractivity (Wildman–Crippen MR) is 142 cm³/mol. The number of aromatic nitrogens is 1. The topological polar surface area (TPSA) is 71.8 Å². The molecule has 0 bridgehead atoms. The Morgan fingerprint density at radius 2 is 1.36 bits per heavy atom. The van der Waals surface area contributed by atoms with Gasteiger partial charge >= 0.3 is 0 Å². The van der Waals surface area contributed by atoms with Crippen LogP contribution in [0.15, 0.2) is 108 Å². The molecule has 5 aromatic rings. The van der Waals surface area contributed by atoms with Crippen molar-refractivity contribution in [3.05, 3.63) is 125 Å². The van der Waals surface area contributed by atoms with Gasteiger partial charge in [-0.15, -0.1) is 0 Å². The number of pyridine rings is 1. The lowest BCUT2D eigenvalue weighted by Gasteiger charge is -2.25. The molecule has 178 valence electrons. The smallest absolute Gasteiger partial charge is 0.265 e. The molecule has 1 heterocycles. The largest absolute Gasteiger partial charge is 0.506 e. The molecule has 6 heteroatoms. The van der Waals surface area contributed by atoms with Crippen LogP contribution in [0.2, 0.25) is 0 Å². The Morgan fingerprint density at radius 1 is 0.806 bits per heavy atom. The number of benzene rings is 4. The van der Waals surface area contributed by atoms with E-state index in [0.29, 0.717) is 22.2 Å². The van der Waals surface area contributed by atoms with Gasteiger partial charge in [-0.3, -0.25) is 9.59 Å². The molecule has 5 rings (SSSR count). The molecule has 0 saturated carbocycles. The Morgan fingerprint density at radius 3 is 1.92 bits per heavy atom. The van der Waals surface area contributed by atoms with Gasteiger partial charge in [0.25, 0.3) is 5.56 Å². The second-order valence-corrected chi connectivity index (χ2v) is 8.35. The van der Waals surface area contributed by atoms with E-state index >= 15 is 0 Å². The van der Waals surface area contributed by atoms with Crippen molar-refractivity contribution in [1.29, 1.82) is 0 Å². The number of methoxy groups -OCH3 is 1. The summed E-state index contributed by atoms with van der Waals surface area (Å²) in [5.74, 6) is -0.323. The van der Waals surface area contributed by atoms with Gasteiger partial charge in [-0.25, -0.2) is 0 Å². The van der Waals surface area contributed by atoms with E-state index in [2.05, 4.69) is 4.90 Å². The van der Waals surface area contributed by atoms with E-state index in [1.54, 1.807) is 37.4 Å². The number of nitrogens with zero attached hydrogens (tertiary/aromatic N) is 2. The van der Waals surface area contributed by atoms with Crippen LogP contribution in [0.5, 0.6) is 11.5 Å². The minimum atomic E-state index is -0.572. The molecule has 0 aliphatic heterocycles. The van der Waals surface area contributed by atoms with E-state index in [4.69, 9.17) is 4.74 Å². The lowest BCUT2D eigenvalue weighted by Crippen LogP contribution is -2.25. The molecule has 1 aromatic heterocycles. The van der Waals surface area contributed by atoms with Gasteiger partial charge < -0.3 is 19.3 Å². The number of carbonyl (C=O) groups is 1. The predicted octanol–water partition coefficient (Wildman–Crippen LogP) is 5.95. The summed E-state index contributed by atoms with van der Waals surface area (Å²) in [5, 5.41) is 11.3. The lowest BCUT2D eigenvalue weighted by molar-refractivity contribution is 0.103. The van der Waals surface area contributed by atoms with Gasteiger partial charge in [0.15, 0.2) is 0 Å². The average molecular weight is 477 g/mol. The number of carbonyl (C=O) groups excluding carboxylic acids is 1. The number of para-hydroxylation sites is 2. The van der Waals surface area contributed by atoms with E-state index in [-0.39, 0.29) is 11.3 Å². The van der Waals surface area contributed by atoms with Gasteiger partial charge in [-0.2, -0.15) is 0 Å². The number of rotatable bonds is 6. The lowest BCUT2D eigenvalue weighted by atomic mass is 10.0. The van der Waals surface area contributed by atoms with Gasteiger partial charge in [0.05, 0.1) is 12.6 Å². The van der Waals surface area contributed by atoms with E-state index in [1.807, 2.05) is 72.8 Å². The highest BCUT2D eigenvalue weighted by atomic mass is 16.5. The summed E-state index contributed by atoms with van der Waals surface area (Å²) in [6.45, 7) is 0. The third kappa shape index (κ3) is 3.99. The third-order valence-electron chi connectivity index (χ3n) is 6.22. The van der Waals surface area contributed by atoms with Crippen molar-refractivity contribution in [2.45, 2.75) is 0 Å². The molecule has 1 N–H and O–H groups in total. The highest BCUT2D eigenvalue weighted by molar-refractivity contribution is 6.13. The maximum absolute atomic E-state index is 13.4. The van der Waals surface area contributed by atoms with Crippen molar-refractivity contribution in [1.82, 2.24) is 4.57 Å². The summed E-state index contributed by atoms with van der Waals surface area (Å²) >= 11 is 0. The minimum absolute atomic E-state index is 0.258. The summed E-state index contributed by atoms with van der Waals surface area (Å²) in [6.07, 6.45) is 0. The van der Waals surface area contributed by atoms with Crippen LogP contribution in [-0.2, 0) is 7.05 Å². The van der Waals surface area contributed by atoms with Gasteiger partial charge in [0.2, 0.25) is 5.78 Å². The first-order valence-electron chi connectivity index (χ1n) is 11.4. The Bertz CT molecular complexity index is 1570. The van der Waals surface area contributed by atoms with Crippen LogP contribution in [-0.4, -0.2) is 22.6 Å². The van der Waals surface area contributed by atoms with Crippen LogP contribution >= 0.6 is 0 Å². The quantitative estimate of drug-likeness (QED) is 0.307. The fourth-order valence-corrected chi connectivity index (χ4v) is 4.34. The Kier molecular flexibility index (Phi) is 6.00. The van der Waals surface area contributed by atoms with E-state index in [0.717, 1.165) is 17.1 Å². The molecule has 0 spiro atoms. The number of aromatic hydroxyl groups is 1. The van der Waals surface area contributed by atoms with Gasteiger partial charge in [-0.05, 0) is 60.7 Å². The van der Waals surface area contributed by atoms with Gasteiger partial charge in [0.1, 0.15) is 17.1 Å². The molecule has 6 nitrogen and oxygen atoms in total. The van der Waals surface area contributed by atoms with E-state index in [9.17, 15) is 14.7 Å². The van der Waals surface area contributed by atoms with Crippen LogP contribution in [0.3, 0.4) is 0 Å². The van der Waals surface area contributed by atoms with Crippen molar-refractivity contribution in [3.8, 4) is 11.5 Å². The first-order valence-corrected chi connectivity index (χ1v) is 11.4. The zero-order valence-corrected chi connectivity index (χ0v) is 19.9. The highest BCUT2D eigenvalue weighted by Gasteiger charge is 2.23. The Labute approximate surface area is 208 Å². The summed E-state index contributed by atoms with van der Waals surface area (Å²) in [7, 11) is 3.10. The fraction of sp³-hybridized carbons (Fsp3) is 0.0667. The van der Waals surface area contributed by atoms with Crippen LogP contribution in [0.4, 0.5) is 17.1 Å². The van der Waals surface area contributed by atoms with Crippen LogP contribution in [0.25, 0.3) is 10.9 Å². The van der Waals surface area contributed by atoms with Gasteiger partial charge in [0, 0.05) is 41.1 Å². The zero-order valence-electron chi connectivity index (χ0n) is 19.9. The third-order valence-corrected chi connectivity index (χ3v) is 6.22. The highest BCUT2D eigenvalue weighted by Crippen LogP contribution is 2.35. The molecule has 0 amide bonds. The first kappa shape index (κ1) is 22.9. The molecule has 0 aliphatic carbocycles. The molecule has 0 aliphatic rings. The molecule has 0 saturated heterocycles. The normalized spacial score (nSPS) is 10.8. The van der Waals surface area contributed by atoms with E-state index in [1.165, 1.54) is 11.7 Å². The summed E-state index contributed by atoms with van der Waals surface area (Å²) in [6, 6.07) is 31.8. The number of hydrogen-bond donors (Lipinski definition) is 1. The summed E-state index contributed by atoms with van der Waals surface area (Å²) in [5.41, 5.74) is 2.75. The molecule has 0 atom stereocenters. The maximum atomic E-state index is 13.4. The molecule has 0 unspecified atom stereocenters. The number of ether oxygens (including phenoxy) is 1. The zero-order chi connectivity index (χ0) is 25.2. The number of hydrogen-bond acceptors (Lipinski definition) is 5. The van der Waals surface area contributed by atoms with Crippen LogP contribution < -0.4 is 15.2 Å². The SMILES string of the molecule is COc1ccc2c(O)c(C(=O)c3ccc(N(c4ccccc4)c4ccccc4)cc3)c(=O)n(C)c2c1. The molecule has 4 aromatic carbocycles.